The standard InChI is InChI=1S/C26H22N2O3/c29-24-10-9-22(20-8-7-18-4-1-2-5-19(18)13-20)25-21-12-17(15-28(24)25)14-27(16-21)26(30)23-6-3-11-31-23/h1-11,13,17,21H,12,14-16H2/t17-,21+/m0/s1. The molecule has 0 N–H and O–H groups in total. The maximum Gasteiger partial charge on any atom is 0.289 e. The molecule has 5 heteroatoms. The number of fused-ring (bicyclic) bond motifs is 5. The molecule has 2 atom stereocenters. The summed E-state index contributed by atoms with van der Waals surface area (Å²) in [6, 6.07) is 21.8. The molecule has 2 bridgehead atoms. The topological polar surface area (TPSA) is 55.5 Å². The highest BCUT2D eigenvalue weighted by Crippen LogP contribution is 2.40. The third-order valence-electron chi connectivity index (χ3n) is 6.67. The van der Waals surface area contributed by atoms with Gasteiger partial charge in [0.25, 0.3) is 11.5 Å². The smallest absolute Gasteiger partial charge is 0.289 e. The molecule has 154 valence electrons. The van der Waals surface area contributed by atoms with Crippen molar-refractivity contribution in [1.29, 1.82) is 0 Å². The van der Waals surface area contributed by atoms with Crippen LogP contribution < -0.4 is 5.56 Å². The Kier molecular flexibility index (Phi) is 4.10. The number of piperidine rings is 1. The number of carbonyl (C=O) groups is 1. The van der Waals surface area contributed by atoms with Crippen LogP contribution in [0, 0.1) is 5.92 Å². The molecule has 5 nitrogen and oxygen atoms in total. The lowest BCUT2D eigenvalue weighted by Crippen LogP contribution is -2.49. The van der Waals surface area contributed by atoms with Gasteiger partial charge in [0.1, 0.15) is 0 Å². The van der Waals surface area contributed by atoms with Crippen LogP contribution >= 0.6 is 0 Å². The fourth-order valence-electron chi connectivity index (χ4n) is 5.34. The van der Waals surface area contributed by atoms with Gasteiger partial charge in [0, 0.05) is 42.9 Å². The predicted octanol–water partition coefficient (Wildman–Crippen LogP) is 4.52. The molecule has 0 saturated carbocycles. The SMILES string of the molecule is O=C(c1ccco1)N1C[C@@H]2C[C@H](C1)c1c(-c3ccc4ccccc4c3)ccc(=O)n1C2. The highest BCUT2D eigenvalue weighted by Gasteiger charge is 2.38. The van der Waals surface area contributed by atoms with Crippen LogP contribution in [0.2, 0.25) is 0 Å². The van der Waals surface area contributed by atoms with Gasteiger partial charge in [-0.2, -0.15) is 0 Å². The number of pyridine rings is 1. The Bertz CT molecular complexity index is 1350. The van der Waals surface area contributed by atoms with Crippen LogP contribution in [0.5, 0.6) is 0 Å². The van der Waals surface area contributed by atoms with Crippen molar-refractivity contribution in [1.82, 2.24) is 9.47 Å². The van der Waals surface area contributed by atoms with E-state index in [2.05, 4.69) is 30.3 Å². The average molecular weight is 410 g/mol. The highest BCUT2D eigenvalue weighted by atomic mass is 16.3. The number of hydrogen-bond acceptors (Lipinski definition) is 3. The van der Waals surface area contributed by atoms with Gasteiger partial charge in [-0.15, -0.1) is 0 Å². The molecule has 4 aromatic rings. The molecule has 2 aromatic carbocycles. The second kappa shape index (κ2) is 6.98. The maximum atomic E-state index is 12.9. The summed E-state index contributed by atoms with van der Waals surface area (Å²) in [5.74, 6) is 0.704. The van der Waals surface area contributed by atoms with Crippen molar-refractivity contribution in [2.75, 3.05) is 13.1 Å². The zero-order valence-electron chi connectivity index (χ0n) is 17.0. The lowest BCUT2D eigenvalue weighted by atomic mass is 9.80. The van der Waals surface area contributed by atoms with Gasteiger partial charge >= 0.3 is 0 Å². The summed E-state index contributed by atoms with van der Waals surface area (Å²) >= 11 is 0. The molecule has 2 aliphatic heterocycles. The number of likely N-dealkylation sites (tertiary alicyclic amines) is 1. The summed E-state index contributed by atoms with van der Waals surface area (Å²) < 4.78 is 7.29. The summed E-state index contributed by atoms with van der Waals surface area (Å²) in [5, 5.41) is 2.37. The van der Waals surface area contributed by atoms with E-state index in [-0.39, 0.29) is 23.3 Å². The number of nitrogens with zero attached hydrogens (tertiary/aromatic N) is 2. The number of rotatable bonds is 2. The third kappa shape index (κ3) is 3.00. The molecular formula is C26H22N2O3. The van der Waals surface area contributed by atoms with Gasteiger partial charge in [0.05, 0.1) is 6.26 Å². The Balaban J connectivity index is 1.44. The van der Waals surface area contributed by atoms with E-state index in [0.717, 1.165) is 23.2 Å². The first kappa shape index (κ1) is 18.2. The summed E-state index contributed by atoms with van der Waals surface area (Å²) in [7, 11) is 0. The molecule has 31 heavy (non-hydrogen) atoms. The van der Waals surface area contributed by atoms with E-state index in [9.17, 15) is 9.59 Å². The summed E-state index contributed by atoms with van der Waals surface area (Å²) in [4.78, 5) is 27.6. The largest absolute Gasteiger partial charge is 0.459 e. The van der Waals surface area contributed by atoms with E-state index >= 15 is 0 Å². The molecule has 0 radical (unpaired) electrons. The van der Waals surface area contributed by atoms with Gasteiger partial charge in [0.15, 0.2) is 5.76 Å². The van der Waals surface area contributed by atoms with Crippen molar-refractivity contribution < 1.29 is 9.21 Å². The predicted molar refractivity (Wildman–Crippen MR) is 119 cm³/mol. The molecular weight excluding hydrogens is 388 g/mol. The Hall–Kier alpha value is -3.60. The molecule has 2 aromatic heterocycles. The Morgan fingerprint density at radius 3 is 2.61 bits per heavy atom. The van der Waals surface area contributed by atoms with Crippen molar-refractivity contribution in [2.24, 2.45) is 5.92 Å². The first-order valence-electron chi connectivity index (χ1n) is 10.7. The van der Waals surface area contributed by atoms with Gasteiger partial charge < -0.3 is 13.9 Å². The van der Waals surface area contributed by atoms with Crippen molar-refractivity contribution in [3.63, 3.8) is 0 Å². The fraction of sp³-hybridized carbons (Fsp3) is 0.231. The van der Waals surface area contributed by atoms with E-state index in [1.165, 1.54) is 17.0 Å². The molecule has 4 heterocycles. The third-order valence-corrected chi connectivity index (χ3v) is 6.67. The fourth-order valence-corrected chi connectivity index (χ4v) is 5.34. The van der Waals surface area contributed by atoms with Gasteiger partial charge in [0.2, 0.25) is 0 Å². The maximum absolute atomic E-state index is 12.9. The second-order valence-electron chi connectivity index (χ2n) is 8.63. The molecule has 0 unspecified atom stereocenters. The van der Waals surface area contributed by atoms with Crippen LogP contribution in [-0.2, 0) is 6.54 Å². The van der Waals surface area contributed by atoms with Crippen molar-refractivity contribution in [3.05, 3.63) is 94.8 Å². The monoisotopic (exact) mass is 410 g/mol. The number of furan rings is 1. The molecule has 1 fully saturated rings. The van der Waals surface area contributed by atoms with E-state index in [1.807, 2.05) is 27.7 Å². The molecule has 0 aliphatic carbocycles. The van der Waals surface area contributed by atoms with Crippen molar-refractivity contribution >= 4 is 16.7 Å². The minimum atomic E-state index is -0.0707. The van der Waals surface area contributed by atoms with Gasteiger partial charge in [-0.1, -0.05) is 36.4 Å². The zero-order chi connectivity index (χ0) is 20.9. The van der Waals surface area contributed by atoms with Crippen LogP contribution in [0.1, 0.15) is 28.6 Å². The summed E-state index contributed by atoms with van der Waals surface area (Å²) in [6.45, 7) is 1.90. The first-order valence-corrected chi connectivity index (χ1v) is 10.7. The Morgan fingerprint density at radius 2 is 1.77 bits per heavy atom. The molecule has 1 saturated heterocycles. The number of amides is 1. The summed E-state index contributed by atoms with van der Waals surface area (Å²) in [5.41, 5.74) is 3.28. The van der Waals surface area contributed by atoms with E-state index in [0.29, 0.717) is 25.4 Å². The normalized spacial score (nSPS) is 19.9. The van der Waals surface area contributed by atoms with Crippen LogP contribution in [0.4, 0.5) is 0 Å². The number of benzene rings is 2. The van der Waals surface area contributed by atoms with Gasteiger partial charge in [-0.3, -0.25) is 9.59 Å². The quantitative estimate of drug-likeness (QED) is 0.488. The van der Waals surface area contributed by atoms with Gasteiger partial charge in [-0.25, -0.2) is 0 Å². The van der Waals surface area contributed by atoms with Crippen LogP contribution in [0.15, 0.2) is 82.2 Å². The van der Waals surface area contributed by atoms with Gasteiger partial charge in [-0.05, 0) is 52.9 Å². The second-order valence-corrected chi connectivity index (χ2v) is 8.63. The lowest BCUT2D eigenvalue weighted by molar-refractivity contribution is 0.0564. The van der Waals surface area contributed by atoms with E-state index in [1.54, 1.807) is 18.2 Å². The Morgan fingerprint density at radius 1 is 0.903 bits per heavy atom. The number of hydrogen-bond donors (Lipinski definition) is 0. The molecule has 6 rings (SSSR count). The Labute approximate surface area is 179 Å². The highest BCUT2D eigenvalue weighted by molar-refractivity contribution is 5.91. The van der Waals surface area contributed by atoms with E-state index in [4.69, 9.17) is 4.42 Å². The van der Waals surface area contributed by atoms with E-state index < -0.39 is 0 Å². The average Bonchev–Trinajstić information content (AvgIpc) is 3.34. The number of carbonyl (C=O) groups excluding carboxylic acids is 1. The molecule has 0 spiro atoms. The molecule has 2 aliphatic rings. The van der Waals surface area contributed by atoms with Crippen LogP contribution in [-0.4, -0.2) is 28.5 Å². The zero-order valence-corrected chi connectivity index (χ0v) is 17.0. The minimum Gasteiger partial charge on any atom is -0.459 e. The number of aromatic nitrogens is 1. The van der Waals surface area contributed by atoms with Crippen molar-refractivity contribution in [2.45, 2.75) is 18.9 Å². The minimum absolute atomic E-state index is 0.0417. The summed E-state index contributed by atoms with van der Waals surface area (Å²) in [6.07, 6.45) is 2.52. The lowest BCUT2D eigenvalue weighted by Gasteiger charge is -2.43. The molecule has 1 amide bonds. The van der Waals surface area contributed by atoms with Crippen LogP contribution in [0.3, 0.4) is 0 Å². The van der Waals surface area contributed by atoms with Crippen LogP contribution in [0.25, 0.3) is 21.9 Å². The first-order chi connectivity index (χ1) is 15.2. The van der Waals surface area contributed by atoms with Crippen molar-refractivity contribution in [3.8, 4) is 11.1 Å².